The molecule has 13 heavy (non-hydrogen) atoms. The summed E-state index contributed by atoms with van der Waals surface area (Å²) in [6, 6.07) is 0. The second-order valence-corrected chi connectivity index (χ2v) is 5.42. The lowest BCUT2D eigenvalue weighted by Crippen LogP contribution is -2.50. The average molecular weight is 184 g/mol. The molecule has 0 bridgehead atoms. The fourth-order valence-corrected chi connectivity index (χ4v) is 2.36. The minimum absolute atomic E-state index is 0.000671. The summed E-state index contributed by atoms with van der Waals surface area (Å²) in [6.07, 6.45) is 4.18. The Hall–Kier alpha value is -0.0800. The van der Waals surface area contributed by atoms with E-state index >= 15 is 0 Å². The van der Waals surface area contributed by atoms with E-state index < -0.39 is 0 Å². The smallest absolute Gasteiger partial charge is 0.0661 e. The van der Waals surface area contributed by atoms with Crippen LogP contribution in [-0.2, 0) is 9.47 Å². The molecule has 1 aliphatic carbocycles. The van der Waals surface area contributed by atoms with E-state index in [0.717, 1.165) is 13.2 Å². The molecular weight excluding hydrogens is 164 g/mol. The highest BCUT2D eigenvalue weighted by molar-refractivity contribution is 5.00. The van der Waals surface area contributed by atoms with Crippen molar-refractivity contribution in [2.45, 2.75) is 51.7 Å². The van der Waals surface area contributed by atoms with Crippen LogP contribution in [0.3, 0.4) is 0 Å². The Balaban J connectivity index is 1.94. The van der Waals surface area contributed by atoms with Gasteiger partial charge in [0.25, 0.3) is 0 Å². The molecule has 1 heterocycles. The van der Waals surface area contributed by atoms with Crippen molar-refractivity contribution in [2.75, 3.05) is 13.2 Å². The van der Waals surface area contributed by atoms with Crippen LogP contribution in [0.15, 0.2) is 0 Å². The first kappa shape index (κ1) is 9.47. The predicted molar refractivity (Wildman–Crippen MR) is 51.7 cm³/mol. The van der Waals surface area contributed by atoms with E-state index in [0.29, 0.717) is 11.5 Å². The fraction of sp³-hybridized carbons (Fsp3) is 1.00. The van der Waals surface area contributed by atoms with Crippen LogP contribution in [0.4, 0.5) is 0 Å². The van der Waals surface area contributed by atoms with Crippen LogP contribution in [0.5, 0.6) is 0 Å². The molecule has 2 heteroatoms. The summed E-state index contributed by atoms with van der Waals surface area (Å²) in [5.41, 5.74) is 0.397. The Bertz CT molecular complexity index is 187. The first-order chi connectivity index (χ1) is 6.02. The number of hydrogen-bond acceptors (Lipinski definition) is 2. The van der Waals surface area contributed by atoms with Gasteiger partial charge in [0, 0.05) is 12.0 Å². The monoisotopic (exact) mass is 184 g/mol. The molecule has 0 radical (unpaired) electrons. The van der Waals surface area contributed by atoms with Gasteiger partial charge >= 0.3 is 0 Å². The van der Waals surface area contributed by atoms with E-state index in [-0.39, 0.29) is 5.60 Å². The maximum Gasteiger partial charge on any atom is 0.0661 e. The van der Waals surface area contributed by atoms with Gasteiger partial charge in [-0.1, -0.05) is 0 Å². The number of ether oxygens (including phenoxy) is 2. The fourth-order valence-electron chi connectivity index (χ4n) is 2.36. The van der Waals surface area contributed by atoms with Gasteiger partial charge in [-0.15, -0.1) is 0 Å². The maximum absolute atomic E-state index is 6.03. The molecule has 0 aromatic carbocycles. The van der Waals surface area contributed by atoms with Crippen LogP contribution in [-0.4, -0.2) is 24.9 Å². The minimum Gasteiger partial charge on any atom is -0.381 e. The Labute approximate surface area is 80.6 Å². The van der Waals surface area contributed by atoms with Crippen LogP contribution in [0.25, 0.3) is 0 Å². The second-order valence-electron chi connectivity index (χ2n) is 5.42. The largest absolute Gasteiger partial charge is 0.381 e. The lowest BCUT2D eigenvalue weighted by atomic mass is 9.65. The molecule has 0 aromatic heterocycles. The molecular formula is C11H20O2. The van der Waals surface area contributed by atoms with Crippen molar-refractivity contribution in [3.05, 3.63) is 0 Å². The quantitative estimate of drug-likeness (QED) is 0.623. The van der Waals surface area contributed by atoms with E-state index in [2.05, 4.69) is 20.8 Å². The lowest BCUT2D eigenvalue weighted by molar-refractivity contribution is -0.168. The average Bonchev–Trinajstić information content (AvgIpc) is 2.47. The summed E-state index contributed by atoms with van der Waals surface area (Å²) in [4.78, 5) is 0. The molecule has 2 atom stereocenters. The first-order valence-corrected chi connectivity index (χ1v) is 5.27. The van der Waals surface area contributed by atoms with Crippen molar-refractivity contribution < 1.29 is 9.47 Å². The van der Waals surface area contributed by atoms with Gasteiger partial charge in [0.15, 0.2) is 0 Å². The molecule has 2 rings (SSSR count). The summed E-state index contributed by atoms with van der Waals surface area (Å²) in [6.45, 7) is 8.26. The van der Waals surface area contributed by atoms with E-state index in [1.807, 2.05) is 0 Å². The van der Waals surface area contributed by atoms with Crippen molar-refractivity contribution in [3.63, 3.8) is 0 Å². The van der Waals surface area contributed by atoms with Crippen LogP contribution in [0.1, 0.15) is 40.0 Å². The zero-order valence-electron chi connectivity index (χ0n) is 8.93. The van der Waals surface area contributed by atoms with Gasteiger partial charge in [-0.05, 0) is 40.0 Å². The molecule has 1 spiro atoms. The van der Waals surface area contributed by atoms with Gasteiger partial charge in [0.05, 0.1) is 18.3 Å². The van der Waals surface area contributed by atoms with E-state index in [4.69, 9.17) is 9.47 Å². The number of hydrogen-bond donors (Lipinski definition) is 0. The highest BCUT2D eigenvalue weighted by Crippen LogP contribution is 2.50. The zero-order chi connectivity index (χ0) is 9.53. The third kappa shape index (κ3) is 1.75. The van der Waals surface area contributed by atoms with Gasteiger partial charge in [-0.25, -0.2) is 0 Å². The summed E-state index contributed by atoms with van der Waals surface area (Å²) < 4.78 is 11.5. The molecule has 0 aromatic rings. The third-order valence-electron chi connectivity index (χ3n) is 3.22. The molecule has 2 fully saturated rings. The van der Waals surface area contributed by atoms with Crippen molar-refractivity contribution in [1.82, 2.24) is 0 Å². The molecule has 0 amide bonds. The molecule has 0 N–H and O–H groups in total. The van der Waals surface area contributed by atoms with Gasteiger partial charge in [-0.2, -0.15) is 0 Å². The highest BCUT2D eigenvalue weighted by Gasteiger charge is 2.51. The SMILES string of the molecule is CC(C)(C)OC1CCC12CCOC2. The summed E-state index contributed by atoms with van der Waals surface area (Å²) in [7, 11) is 0. The van der Waals surface area contributed by atoms with E-state index in [9.17, 15) is 0 Å². The molecule has 2 unspecified atom stereocenters. The Morgan fingerprint density at radius 3 is 2.46 bits per heavy atom. The Morgan fingerprint density at radius 2 is 2.08 bits per heavy atom. The Kier molecular flexibility index (Phi) is 2.16. The summed E-state index contributed by atoms with van der Waals surface area (Å²) in [5.74, 6) is 0. The molecule has 2 nitrogen and oxygen atoms in total. The maximum atomic E-state index is 6.03. The van der Waals surface area contributed by atoms with E-state index in [1.165, 1.54) is 19.3 Å². The predicted octanol–water partition coefficient (Wildman–Crippen LogP) is 2.37. The molecule has 1 aliphatic heterocycles. The summed E-state index contributed by atoms with van der Waals surface area (Å²) in [5, 5.41) is 0. The molecule has 76 valence electrons. The van der Waals surface area contributed by atoms with E-state index in [1.54, 1.807) is 0 Å². The summed E-state index contributed by atoms with van der Waals surface area (Å²) >= 11 is 0. The topological polar surface area (TPSA) is 18.5 Å². The van der Waals surface area contributed by atoms with Gasteiger partial charge in [0.2, 0.25) is 0 Å². The minimum atomic E-state index is 0.000671. The molecule has 2 aliphatic rings. The normalized spacial score (nSPS) is 39.5. The van der Waals surface area contributed by atoms with Gasteiger partial charge in [-0.3, -0.25) is 0 Å². The molecule has 1 saturated carbocycles. The van der Waals surface area contributed by atoms with Gasteiger partial charge < -0.3 is 9.47 Å². The van der Waals surface area contributed by atoms with Crippen molar-refractivity contribution in [1.29, 1.82) is 0 Å². The van der Waals surface area contributed by atoms with Crippen molar-refractivity contribution >= 4 is 0 Å². The van der Waals surface area contributed by atoms with Crippen LogP contribution >= 0.6 is 0 Å². The van der Waals surface area contributed by atoms with Gasteiger partial charge in [0.1, 0.15) is 0 Å². The lowest BCUT2D eigenvalue weighted by Gasteiger charge is -2.48. The zero-order valence-corrected chi connectivity index (χ0v) is 8.93. The van der Waals surface area contributed by atoms with Crippen molar-refractivity contribution in [2.24, 2.45) is 5.41 Å². The number of rotatable bonds is 1. The van der Waals surface area contributed by atoms with Crippen LogP contribution < -0.4 is 0 Å². The first-order valence-electron chi connectivity index (χ1n) is 5.27. The Morgan fingerprint density at radius 1 is 1.31 bits per heavy atom. The van der Waals surface area contributed by atoms with Crippen LogP contribution in [0.2, 0.25) is 0 Å². The van der Waals surface area contributed by atoms with Crippen LogP contribution in [0, 0.1) is 5.41 Å². The highest BCUT2D eigenvalue weighted by atomic mass is 16.5. The third-order valence-corrected chi connectivity index (χ3v) is 3.22. The molecule has 1 saturated heterocycles. The second kappa shape index (κ2) is 2.96. The van der Waals surface area contributed by atoms with Crippen molar-refractivity contribution in [3.8, 4) is 0 Å². The standard InChI is InChI=1S/C11H20O2/c1-10(2,3)13-9-4-5-11(9)6-7-12-8-11/h9H,4-8H2,1-3H3.